The normalized spacial score (nSPS) is 13.3. The van der Waals surface area contributed by atoms with Gasteiger partial charge in [-0.3, -0.25) is 0 Å². The Labute approximate surface area is 361 Å². The molecule has 0 radical (unpaired) electrons. The Hall–Kier alpha value is -7.02. The van der Waals surface area contributed by atoms with Crippen molar-refractivity contribution in [2.75, 3.05) is 0 Å². The number of hydrogen-bond acceptors (Lipinski definition) is 0. The van der Waals surface area contributed by atoms with Gasteiger partial charge >= 0.3 is 0 Å². The maximum Gasteiger partial charge on any atom is -0.00139 e. The molecule has 0 heterocycles. The average molecular weight is 789 g/mol. The van der Waals surface area contributed by atoms with E-state index in [4.69, 9.17) is 0 Å². The van der Waals surface area contributed by atoms with E-state index in [-0.39, 0.29) is 10.8 Å². The van der Waals surface area contributed by atoms with Crippen LogP contribution in [0, 0.1) is 0 Å². The van der Waals surface area contributed by atoms with Crippen molar-refractivity contribution in [3.8, 4) is 44.5 Å². The van der Waals surface area contributed by atoms with Gasteiger partial charge in [-0.05, 0) is 176 Å². The van der Waals surface area contributed by atoms with Crippen molar-refractivity contribution < 1.29 is 0 Å². The molecule has 0 unspecified atom stereocenters. The summed E-state index contributed by atoms with van der Waals surface area (Å²) in [5.41, 5.74) is 13.6. The Bertz CT molecular complexity index is 3820. The number of rotatable bonds is 2. The summed E-state index contributed by atoms with van der Waals surface area (Å²) >= 11 is 0. The molecule has 292 valence electrons. The minimum atomic E-state index is 0.0570. The standard InChI is InChI=1S/C62H44/c1-61(2,3)53-29-27-45-43-25-23-39(41-19-15-33-17-21-47(53)59(45)55(33)57(41)43)49-31-51-38-14-10-8-12-36(38)50(32-52(51)37-13-9-7-11-35(37)49)40-24-26-44-46-28-30-54(62(4,5)6)48-22-18-34-16-20-42(40)58(44)56(34)60(46)48/h7-32H,1-6H3. The second-order valence-electron chi connectivity index (χ2n) is 20.3. The molecule has 2 aliphatic rings. The van der Waals surface area contributed by atoms with Crippen molar-refractivity contribution in [1.82, 2.24) is 0 Å². The lowest BCUT2D eigenvalue weighted by Gasteiger charge is -2.22. The van der Waals surface area contributed by atoms with Crippen LogP contribution in [0.25, 0.3) is 141 Å². The lowest BCUT2D eigenvalue weighted by Crippen LogP contribution is -2.11. The van der Waals surface area contributed by atoms with E-state index in [0.29, 0.717) is 0 Å². The highest BCUT2D eigenvalue weighted by Gasteiger charge is 2.29. The summed E-state index contributed by atoms with van der Waals surface area (Å²) < 4.78 is 0. The maximum absolute atomic E-state index is 2.51. The largest absolute Gasteiger partial charge is 0.0616 e. The van der Waals surface area contributed by atoms with Gasteiger partial charge in [-0.2, -0.15) is 0 Å². The molecular formula is C62H44. The van der Waals surface area contributed by atoms with E-state index in [0.717, 1.165) is 0 Å². The molecule has 0 bridgehead atoms. The van der Waals surface area contributed by atoms with Gasteiger partial charge in [0.15, 0.2) is 0 Å². The summed E-state index contributed by atoms with van der Waals surface area (Å²) in [5, 5.41) is 24.3. The first kappa shape index (κ1) is 34.7. The second kappa shape index (κ2) is 11.5. The third-order valence-corrected chi connectivity index (χ3v) is 14.9. The molecular weight excluding hydrogens is 745 g/mol. The molecule has 62 heavy (non-hydrogen) atoms. The van der Waals surface area contributed by atoms with Crippen molar-refractivity contribution in [1.29, 1.82) is 0 Å². The molecule has 0 heteroatoms. The fourth-order valence-corrected chi connectivity index (χ4v) is 12.3. The first-order chi connectivity index (χ1) is 30.0. The monoisotopic (exact) mass is 788 g/mol. The van der Waals surface area contributed by atoms with Crippen molar-refractivity contribution >= 4 is 97.0 Å². The van der Waals surface area contributed by atoms with Crippen LogP contribution in [-0.4, -0.2) is 0 Å². The Kier molecular flexibility index (Phi) is 6.41. The van der Waals surface area contributed by atoms with Gasteiger partial charge in [0.05, 0.1) is 0 Å². The van der Waals surface area contributed by atoms with Gasteiger partial charge in [-0.15, -0.1) is 0 Å². The van der Waals surface area contributed by atoms with Crippen molar-refractivity contribution in [2.45, 2.75) is 52.4 Å². The van der Waals surface area contributed by atoms with Gasteiger partial charge in [0.1, 0.15) is 0 Å². The molecule has 0 saturated heterocycles. The molecule has 2 aliphatic carbocycles. The summed E-state index contributed by atoms with van der Waals surface area (Å²) in [5.74, 6) is 0. The van der Waals surface area contributed by atoms with Crippen LogP contribution < -0.4 is 0 Å². The van der Waals surface area contributed by atoms with Crippen LogP contribution in [0.2, 0.25) is 0 Å². The third kappa shape index (κ3) is 4.28. The molecule has 0 spiro atoms. The van der Waals surface area contributed by atoms with Crippen LogP contribution in [0.15, 0.2) is 158 Å². The zero-order chi connectivity index (χ0) is 41.6. The fourth-order valence-electron chi connectivity index (χ4n) is 12.3. The van der Waals surface area contributed by atoms with E-state index in [9.17, 15) is 0 Å². The molecule has 12 aromatic carbocycles. The molecule has 0 nitrogen and oxygen atoms in total. The smallest absolute Gasteiger partial charge is 0.00139 e. The van der Waals surface area contributed by atoms with Gasteiger partial charge in [0, 0.05) is 0 Å². The molecule has 0 saturated carbocycles. The fraction of sp³-hybridized carbons (Fsp3) is 0.129. The predicted molar refractivity (Wildman–Crippen MR) is 270 cm³/mol. The number of hydrogen-bond donors (Lipinski definition) is 0. The van der Waals surface area contributed by atoms with Crippen LogP contribution in [0.5, 0.6) is 0 Å². The Balaban J connectivity index is 1.04. The van der Waals surface area contributed by atoms with E-state index in [2.05, 4.69) is 199 Å². The Morgan fingerprint density at radius 3 is 0.935 bits per heavy atom. The first-order valence-corrected chi connectivity index (χ1v) is 22.3. The summed E-state index contributed by atoms with van der Waals surface area (Å²) in [6, 6.07) is 61.3. The zero-order valence-corrected chi connectivity index (χ0v) is 36.0. The predicted octanol–water partition coefficient (Wildman–Crippen LogP) is 18.0. The topological polar surface area (TPSA) is 0 Å². The van der Waals surface area contributed by atoms with Gasteiger partial charge in [0.25, 0.3) is 0 Å². The van der Waals surface area contributed by atoms with E-state index in [1.807, 2.05) is 0 Å². The van der Waals surface area contributed by atoms with Crippen LogP contribution in [0.3, 0.4) is 0 Å². The Morgan fingerprint density at radius 2 is 0.548 bits per heavy atom. The molecule has 0 aliphatic heterocycles. The Morgan fingerprint density at radius 1 is 0.226 bits per heavy atom. The molecule has 14 rings (SSSR count). The zero-order valence-electron chi connectivity index (χ0n) is 36.0. The van der Waals surface area contributed by atoms with Gasteiger partial charge < -0.3 is 0 Å². The van der Waals surface area contributed by atoms with Gasteiger partial charge in [-0.25, -0.2) is 0 Å². The van der Waals surface area contributed by atoms with Crippen molar-refractivity contribution in [3.05, 3.63) is 169 Å². The van der Waals surface area contributed by atoms with E-state index in [1.54, 1.807) is 0 Å². The van der Waals surface area contributed by atoms with Crippen LogP contribution in [-0.2, 0) is 10.8 Å². The van der Waals surface area contributed by atoms with Crippen LogP contribution in [0.1, 0.15) is 52.7 Å². The van der Waals surface area contributed by atoms with Crippen LogP contribution >= 0.6 is 0 Å². The van der Waals surface area contributed by atoms with Gasteiger partial charge in [-0.1, -0.05) is 187 Å². The van der Waals surface area contributed by atoms with E-state index < -0.39 is 0 Å². The van der Waals surface area contributed by atoms with Crippen molar-refractivity contribution in [2.24, 2.45) is 0 Å². The summed E-state index contributed by atoms with van der Waals surface area (Å²) in [4.78, 5) is 0. The lowest BCUT2D eigenvalue weighted by molar-refractivity contribution is 0.596. The average Bonchev–Trinajstić information content (AvgIpc) is 3.81. The second-order valence-corrected chi connectivity index (χ2v) is 20.3. The molecule has 12 aromatic rings. The third-order valence-electron chi connectivity index (χ3n) is 14.9. The number of fused-ring (bicyclic) bond motifs is 7. The SMILES string of the molecule is CC(C)(C)c1ccc2c3c1ccc1ccc4c(-c5cc6c7ccccc7c(-c7ccc8c9c7ccc7ccc%10c(C(C)(C)C)ccc-8c%10c79)cc6c6ccccc56)ccc-2c4c13. The maximum atomic E-state index is 2.51. The molecule has 0 amide bonds. The summed E-state index contributed by atoms with van der Waals surface area (Å²) in [6.45, 7) is 14.0. The van der Waals surface area contributed by atoms with E-state index in [1.165, 1.54) is 153 Å². The quantitative estimate of drug-likeness (QED) is 0.153. The summed E-state index contributed by atoms with van der Waals surface area (Å²) in [6.07, 6.45) is 0. The molecule has 0 fully saturated rings. The highest BCUT2D eigenvalue weighted by Crippen LogP contribution is 2.54. The molecule has 0 atom stereocenters. The van der Waals surface area contributed by atoms with E-state index >= 15 is 0 Å². The highest BCUT2D eigenvalue weighted by atomic mass is 14.3. The minimum Gasteiger partial charge on any atom is -0.0616 e. The molecule has 0 aromatic heterocycles. The van der Waals surface area contributed by atoms with Gasteiger partial charge in [0.2, 0.25) is 0 Å². The van der Waals surface area contributed by atoms with Crippen molar-refractivity contribution in [3.63, 3.8) is 0 Å². The highest BCUT2D eigenvalue weighted by molar-refractivity contribution is 6.37. The molecule has 0 N–H and O–H groups in total. The summed E-state index contributed by atoms with van der Waals surface area (Å²) in [7, 11) is 0. The minimum absolute atomic E-state index is 0.0570. The number of benzene rings is 12. The lowest BCUT2D eigenvalue weighted by atomic mass is 9.82. The first-order valence-electron chi connectivity index (χ1n) is 22.3. The van der Waals surface area contributed by atoms with Crippen LogP contribution in [0.4, 0.5) is 0 Å².